The minimum absolute atomic E-state index is 0.249. The molecule has 1 aliphatic heterocycles. The van der Waals surface area contributed by atoms with E-state index in [-0.39, 0.29) is 5.56 Å². The second kappa shape index (κ2) is 6.24. The molecule has 0 bridgehead atoms. The van der Waals surface area contributed by atoms with Gasteiger partial charge in [-0.05, 0) is 60.2 Å². The van der Waals surface area contributed by atoms with Gasteiger partial charge < -0.3 is 15.7 Å². The molecule has 2 aromatic rings. The van der Waals surface area contributed by atoms with Crippen LogP contribution in [0.2, 0.25) is 0 Å². The molecule has 128 valence electrons. The van der Waals surface area contributed by atoms with Crippen LogP contribution in [0, 0.1) is 0 Å². The summed E-state index contributed by atoms with van der Waals surface area (Å²) < 4.78 is 0. The Morgan fingerprint density at radius 3 is 2.68 bits per heavy atom. The van der Waals surface area contributed by atoms with E-state index in [0.717, 1.165) is 13.1 Å². The van der Waals surface area contributed by atoms with Crippen molar-refractivity contribution in [2.24, 2.45) is 10.7 Å². The van der Waals surface area contributed by atoms with E-state index in [2.05, 4.69) is 28.1 Å². The maximum atomic E-state index is 10.9. The number of aryl methyl sites for hydroxylation is 1. The van der Waals surface area contributed by atoms with Crippen molar-refractivity contribution in [1.29, 1.82) is 0 Å². The number of aromatic carboxylic acids is 1. The average Bonchev–Trinajstić information content (AvgIpc) is 2.62. The Balaban J connectivity index is 1.59. The third kappa shape index (κ3) is 2.97. The van der Waals surface area contributed by atoms with Gasteiger partial charge >= 0.3 is 5.97 Å². The van der Waals surface area contributed by atoms with Gasteiger partial charge in [-0.2, -0.15) is 0 Å². The zero-order valence-electron chi connectivity index (χ0n) is 14.0. The van der Waals surface area contributed by atoms with Crippen LogP contribution in [0.5, 0.6) is 0 Å². The molecule has 2 aromatic carbocycles. The van der Waals surface area contributed by atoms with E-state index in [9.17, 15) is 4.79 Å². The number of aliphatic imine (C=N–C) groups is 1. The summed E-state index contributed by atoms with van der Waals surface area (Å²) in [6.07, 6.45) is 3.60. The highest BCUT2D eigenvalue weighted by atomic mass is 16.4. The van der Waals surface area contributed by atoms with E-state index in [1.54, 1.807) is 24.3 Å². The van der Waals surface area contributed by atoms with E-state index >= 15 is 0 Å². The van der Waals surface area contributed by atoms with Crippen LogP contribution in [0.15, 0.2) is 47.5 Å². The molecular formula is C20H21N3O2. The van der Waals surface area contributed by atoms with E-state index in [1.165, 1.54) is 36.0 Å². The lowest BCUT2D eigenvalue weighted by molar-refractivity contribution is 0.0697. The van der Waals surface area contributed by atoms with Gasteiger partial charge in [-0.25, -0.2) is 9.79 Å². The summed E-state index contributed by atoms with van der Waals surface area (Å²) in [5, 5.41) is 8.97. The highest BCUT2D eigenvalue weighted by Crippen LogP contribution is 2.38. The smallest absolute Gasteiger partial charge is 0.335 e. The lowest BCUT2D eigenvalue weighted by Crippen LogP contribution is -2.43. The molecule has 4 rings (SSSR count). The molecule has 1 atom stereocenters. The van der Waals surface area contributed by atoms with Crippen LogP contribution in [-0.2, 0) is 13.0 Å². The van der Waals surface area contributed by atoms with Gasteiger partial charge in [-0.1, -0.05) is 18.2 Å². The molecule has 25 heavy (non-hydrogen) atoms. The van der Waals surface area contributed by atoms with Gasteiger partial charge in [0, 0.05) is 19.0 Å². The SMILES string of the molecule is NC(=Nc1ccc(C(=O)O)cc1)N1Cc2cccc3c2C(CCC3)C1. The molecule has 0 fully saturated rings. The third-order valence-electron chi connectivity index (χ3n) is 5.18. The van der Waals surface area contributed by atoms with E-state index in [1.807, 2.05) is 0 Å². The number of guanidine groups is 1. The quantitative estimate of drug-likeness (QED) is 0.652. The Labute approximate surface area is 146 Å². The lowest BCUT2D eigenvalue weighted by Gasteiger charge is -2.38. The molecule has 2 aliphatic rings. The number of rotatable bonds is 2. The predicted molar refractivity (Wildman–Crippen MR) is 97.2 cm³/mol. The van der Waals surface area contributed by atoms with Crippen LogP contribution < -0.4 is 5.73 Å². The summed E-state index contributed by atoms with van der Waals surface area (Å²) in [6, 6.07) is 13.1. The van der Waals surface area contributed by atoms with Gasteiger partial charge in [0.1, 0.15) is 0 Å². The maximum Gasteiger partial charge on any atom is 0.335 e. The molecule has 1 aliphatic carbocycles. The summed E-state index contributed by atoms with van der Waals surface area (Å²) in [5.74, 6) is 0.0748. The van der Waals surface area contributed by atoms with E-state index in [0.29, 0.717) is 17.6 Å². The summed E-state index contributed by atoms with van der Waals surface area (Å²) in [5.41, 5.74) is 11.6. The lowest BCUT2D eigenvalue weighted by atomic mass is 9.78. The van der Waals surface area contributed by atoms with E-state index < -0.39 is 5.97 Å². The number of carboxylic acid groups (broad SMARTS) is 1. The fourth-order valence-corrected chi connectivity index (χ4v) is 4.00. The average molecular weight is 335 g/mol. The van der Waals surface area contributed by atoms with Gasteiger partial charge in [-0.3, -0.25) is 0 Å². The normalized spacial score (nSPS) is 19.4. The predicted octanol–water partition coefficient (Wildman–Crippen LogP) is 3.27. The van der Waals surface area contributed by atoms with Crippen LogP contribution in [0.1, 0.15) is 45.8 Å². The van der Waals surface area contributed by atoms with Crippen molar-refractivity contribution < 1.29 is 9.90 Å². The Morgan fingerprint density at radius 2 is 1.92 bits per heavy atom. The fraction of sp³-hybridized carbons (Fsp3) is 0.300. The molecule has 0 saturated heterocycles. The molecule has 0 aromatic heterocycles. The first-order valence-corrected chi connectivity index (χ1v) is 8.65. The first-order valence-electron chi connectivity index (χ1n) is 8.65. The second-order valence-electron chi connectivity index (χ2n) is 6.78. The molecule has 0 amide bonds. The molecule has 5 heteroatoms. The number of hydrogen-bond acceptors (Lipinski definition) is 2. The van der Waals surface area contributed by atoms with Crippen LogP contribution in [0.25, 0.3) is 0 Å². The Bertz CT molecular complexity index is 843. The highest BCUT2D eigenvalue weighted by molar-refractivity contribution is 5.88. The molecule has 1 heterocycles. The minimum atomic E-state index is -0.941. The number of nitrogens with zero attached hydrogens (tertiary/aromatic N) is 2. The van der Waals surface area contributed by atoms with Gasteiger partial charge in [0.05, 0.1) is 11.3 Å². The van der Waals surface area contributed by atoms with E-state index in [4.69, 9.17) is 10.8 Å². The topological polar surface area (TPSA) is 78.9 Å². The van der Waals surface area contributed by atoms with Gasteiger partial charge in [0.2, 0.25) is 0 Å². The van der Waals surface area contributed by atoms with Crippen LogP contribution in [0.4, 0.5) is 5.69 Å². The fourth-order valence-electron chi connectivity index (χ4n) is 4.00. The molecule has 0 saturated carbocycles. The summed E-state index contributed by atoms with van der Waals surface area (Å²) in [6.45, 7) is 1.68. The highest BCUT2D eigenvalue weighted by Gasteiger charge is 2.30. The van der Waals surface area contributed by atoms with Crippen LogP contribution >= 0.6 is 0 Å². The Hall–Kier alpha value is -2.82. The molecule has 5 nitrogen and oxygen atoms in total. The first-order chi connectivity index (χ1) is 12.1. The van der Waals surface area contributed by atoms with Crippen LogP contribution in [0.3, 0.4) is 0 Å². The van der Waals surface area contributed by atoms with Crippen molar-refractivity contribution in [3.8, 4) is 0 Å². The molecular weight excluding hydrogens is 314 g/mol. The van der Waals surface area contributed by atoms with Crippen LogP contribution in [-0.4, -0.2) is 28.5 Å². The first kappa shape index (κ1) is 15.7. The Kier molecular flexibility index (Phi) is 3.92. The molecule has 1 unspecified atom stereocenters. The number of hydrogen-bond donors (Lipinski definition) is 2. The van der Waals surface area contributed by atoms with Crippen molar-refractivity contribution in [1.82, 2.24) is 4.90 Å². The summed E-state index contributed by atoms with van der Waals surface area (Å²) in [4.78, 5) is 17.6. The van der Waals surface area contributed by atoms with Crippen molar-refractivity contribution >= 4 is 17.6 Å². The number of benzene rings is 2. The maximum absolute atomic E-state index is 10.9. The Morgan fingerprint density at radius 1 is 1.16 bits per heavy atom. The van der Waals surface area contributed by atoms with Crippen molar-refractivity contribution in [3.05, 3.63) is 64.7 Å². The molecule has 3 N–H and O–H groups in total. The largest absolute Gasteiger partial charge is 0.478 e. The van der Waals surface area contributed by atoms with Gasteiger partial charge in [0.25, 0.3) is 0 Å². The zero-order valence-corrected chi connectivity index (χ0v) is 14.0. The number of carboxylic acids is 1. The zero-order chi connectivity index (χ0) is 17.4. The third-order valence-corrected chi connectivity index (χ3v) is 5.18. The monoisotopic (exact) mass is 335 g/mol. The van der Waals surface area contributed by atoms with Crippen molar-refractivity contribution in [2.75, 3.05) is 6.54 Å². The van der Waals surface area contributed by atoms with Gasteiger partial charge in [0.15, 0.2) is 5.96 Å². The number of carbonyl (C=O) groups is 1. The van der Waals surface area contributed by atoms with Crippen molar-refractivity contribution in [3.63, 3.8) is 0 Å². The summed E-state index contributed by atoms with van der Waals surface area (Å²) >= 11 is 0. The minimum Gasteiger partial charge on any atom is -0.478 e. The molecule has 0 spiro atoms. The van der Waals surface area contributed by atoms with Gasteiger partial charge in [-0.15, -0.1) is 0 Å². The standard InChI is InChI=1S/C20H21N3O2/c21-20(22-17-9-7-14(8-10-17)19(24)25)23-11-15-5-1-3-13-4-2-6-16(12-23)18(13)15/h1,3,5,7-10,16H,2,4,6,11-12H2,(H2,21,22)(H,24,25). The number of nitrogens with two attached hydrogens (primary N) is 1. The summed E-state index contributed by atoms with van der Waals surface area (Å²) in [7, 11) is 0. The second-order valence-corrected chi connectivity index (χ2v) is 6.78. The molecule has 0 radical (unpaired) electrons. The van der Waals surface area contributed by atoms with Crippen molar-refractivity contribution in [2.45, 2.75) is 31.7 Å².